The van der Waals surface area contributed by atoms with Crippen LogP contribution in [0.25, 0.3) is 5.57 Å². The van der Waals surface area contributed by atoms with E-state index in [9.17, 15) is 0 Å². The highest BCUT2D eigenvalue weighted by atomic mass is 35.5. The Kier molecular flexibility index (Phi) is 6.86. The number of morpholine rings is 1. The molecule has 1 aromatic rings. The topological polar surface area (TPSA) is 66.7 Å². The molecule has 0 amide bonds. The van der Waals surface area contributed by atoms with E-state index in [0.717, 1.165) is 48.9 Å². The molecule has 2 unspecified atom stereocenters. The van der Waals surface area contributed by atoms with Crippen LogP contribution < -0.4 is 11.1 Å². The molecule has 0 spiro atoms. The Labute approximate surface area is 203 Å². The number of halogens is 1. The number of nitrogens with zero attached hydrogens (tertiary/aromatic N) is 3. The smallest absolute Gasteiger partial charge is 0.159 e. The van der Waals surface area contributed by atoms with Crippen LogP contribution in [0.15, 0.2) is 36.6 Å². The van der Waals surface area contributed by atoms with E-state index in [4.69, 9.17) is 22.1 Å². The van der Waals surface area contributed by atoms with E-state index in [0.29, 0.717) is 28.9 Å². The maximum atomic E-state index is 6.69. The van der Waals surface area contributed by atoms with Gasteiger partial charge >= 0.3 is 0 Å². The van der Waals surface area contributed by atoms with E-state index in [-0.39, 0.29) is 6.29 Å². The summed E-state index contributed by atoms with van der Waals surface area (Å²) in [6.45, 7) is 9.52. The van der Waals surface area contributed by atoms with Crippen LogP contribution in [-0.4, -0.2) is 52.9 Å². The fourth-order valence-corrected chi connectivity index (χ4v) is 6.46. The molecule has 3 N–H and O–H groups in total. The predicted molar refractivity (Wildman–Crippen MR) is 133 cm³/mol. The van der Waals surface area contributed by atoms with Gasteiger partial charge in [0, 0.05) is 42.7 Å². The molecule has 1 saturated heterocycles. The lowest BCUT2D eigenvalue weighted by atomic mass is 9.82. The fraction of sp³-hybridized carbons (Fsp3) is 0.654. The minimum atomic E-state index is 0.0396. The minimum Gasteiger partial charge on any atom is -0.384 e. The third-order valence-corrected chi connectivity index (χ3v) is 8.35. The molecule has 7 heteroatoms. The summed E-state index contributed by atoms with van der Waals surface area (Å²) in [6, 6.07) is 2.36. The van der Waals surface area contributed by atoms with Crippen molar-refractivity contribution in [2.45, 2.75) is 76.7 Å². The molecule has 1 aromatic heterocycles. The van der Waals surface area contributed by atoms with Gasteiger partial charge in [-0.2, -0.15) is 0 Å². The molecule has 4 aliphatic rings. The van der Waals surface area contributed by atoms with Gasteiger partial charge in [-0.05, 0) is 43.6 Å². The zero-order chi connectivity index (χ0) is 22.9. The first-order valence-corrected chi connectivity index (χ1v) is 13.1. The van der Waals surface area contributed by atoms with Crippen LogP contribution in [0.2, 0.25) is 5.02 Å². The number of hydrogen-bond donors (Lipinski definition) is 2. The molecule has 3 heterocycles. The van der Waals surface area contributed by atoms with E-state index < -0.39 is 0 Å². The van der Waals surface area contributed by atoms with E-state index in [1.54, 1.807) is 6.20 Å². The first-order chi connectivity index (χ1) is 16.0. The lowest BCUT2D eigenvalue weighted by molar-refractivity contribution is -0.125. The van der Waals surface area contributed by atoms with Gasteiger partial charge in [0.25, 0.3) is 0 Å². The van der Waals surface area contributed by atoms with E-state index >= 15 is 0 Å². The lowest BCUT2D eigenvalue weighted by Gasteiger charge is -2.49. The zero-order valence-electron chi connectivity index (χ0n) is 19.8. The molecule has 6 nitrogen and oxygen atoms in total. The highest BCUT2D eigenvalue weighted by Gasteiger charge is 2.44. The van der Waals surface area contributed by atoms with Crippen molar-refractivity contribution in [1.29, 1.82) is 0 Å². The summed E-state index contributed by atoms with van der Waals surface area (Å²) in [4.78, 5) is 9.40. The van der Waals surface area contributed by atoms with Gasteiger partial charge in [0.05, 0.1) is 23.4 Å². The maximum absolute atomic E-state index is 6.69. The van der Waals surface area contributed by atoms with Gasteiger partial charge in [0.1, 0.15) is 5.82 Å². The Balaban J connectivity index is 1.44. The van der Waals surface area contributed by atoms with Crippen molar-refractivity contribution in [2.24, 2.45) is 17.6 Å². The van der Waals surface area contributed by atoms with Crippen molar-refractivity contribution in [2.75, 3.05) is 19.7 Å². The fourth-order valence-electron chi connectivity index (χ4n) is 6.28. The van der Waals surface area contributed by atoms with Crippen LogP contribution in [0.4, 0.5) is 0 Å². The molecule has 180 valence electrons. The van der Waals surface area contributed by atoms with Crippen LogP contribution in [0.1, 0.15) is 63.9 Å². The minimum absolute atomic E-state index is 0.0396. The van der Waals surface area contributed by atoms with Gasteiger partial charge in [-0.3, -0.25) is 9.88 Å². The third kappa shape index (κ3) is 4.75. The van der Waals surface area contributed by atoms with Crippen molar-refractivity contribution >= 4 is 17.2 Å². The van der Waals surface area contributed by atoms with Crippen LogP contribution in [0.5, 0.6) is 0 Å². The van der Waals surface area contributed by atoms with Crippen molar-refractivity contribution in [1.82, 2.24) is 20.1 Å². The molecule has 3 fully saturated rings. The van der Waals surface area contributed by atoms with Crippen molar-refractivity contribution in [3.63, 3.8) is 0 Å². The number of rotatable bonds is 5. The van der Waals surface area contributed by atoms with Crippen molar-refractivity contribution in [3.8, 4) is 0 Å². The SMILES string of the molecule is C=C(C1=C(N)N[C@@H](N2CCOC3CCCCC32)N1C[C@H]1CC[C@H](C)CC1)c1cncc(Cl)c1. The van der Waals surface area contributed by atoms with Crippen LogP contribution >= 0.6 is 11.6 Å². The maximum Gasteiger partial charge on any atom is 0.159 e. The Hall–Kier alpha value is -1.76. The third-order valence-electron chi connectivity index (χ3n) is 8.14. The zero-order valence-corrected chi connectivity index (χ0v) is 20.6. The molecule has 5 rings (SSSR count). The number of nitrogens with two attached hydrogens (primary N) is 1. The standard InChI is InChI=1S/C26H38ClN5O/c1-17-7-9-19(10-8-17)16-32-24(18(2)20-13-21(27)15-29-14-20)25(28)30-26(32)31-11-12-33-23-6-4-3-5-22(23)31/h13-15,17,19,22-23,26,30H,2-12,16,28H2,1H3/t17-,19-,22?,23?,26-/m0/s1. The molecule has 0 aromatic carbocycles. The molecule has 3 atom stereocenters. The molecule has 0 bridgehead atoms. The number of nitrogens with one attached hydrogen (secondary N) is 1. The summed E-state index contributed by atoms with van der Waals surface area (Å²) in [5, 5.41) is 4.27. The number of hydrogen-bond acceptors (Lipinski definition) is 6. The van der Waals surface area contributed by atoms with E-state index in [2.05, 4.69) is 33.6 Å². The summed E-state index contributed by atoms with van der Waals surface area (Å²) in [6.07, 6.45) is 13.9. The summed E-state index contributed by atoms with van der Waals surface area (Å²) in [5.41, 5.74) is 9.50. The van der Waals surface area contributed by atoms with Gasteiger partial charge in [-0.25, -0.2) is 0 Å². The first-order valence-electron chi connectivity index (χ1n) is 12.7. The van der Waals surface area contributed by atoms with Crippen LogP contribution in [-0.2, 0) is 4.74 Å². The average Bonchev–Trinajstić information content (AvgIpc) is 3.15. The molecule has 0 radical (unpaired) electrons. The van der Waals surface area contributed by atoms with Gasteiger partial charge in [-0.15, -0.1) is 0 Å². The summed E-state index contributed by atoms with van der Waals surface area (Å²) < 4.78 is 6.18. The summed E-state index contributed by atoms with van der Waals surface area (Å²) in [5.74, 6) is 2.21. The van der Waals surface area contributed by atoms with Crippen molar-refractivity contribution in [3.05, 3.63) is 47.1 Å². The lowest BCUT2D eigenvalue weighted by Crippen LogP contribution is -2.63. The molecule has 2 saturated carbocycles. The van der Waals surface area contributed by atoms with Crippen molar-refractivity contribution < 1.29 is 4.74 Å². The van der Waals surface area contributed by atoms with Crippen LogP contribution in [0, 0.1) is 11.8 Å². The number of allylic oxidation sites excluding steroid dienone is 1. The Morgan fingerprint density at radius 3 is 2.79 bits per heavy atom. The highest BCUT2D eigenvalue weighted by molar-refractivity contribution is 6.30. The number of aromatic nitrogens is 1. The second kappa shape index (κ2) is 9.85. The summed E-state index contributed by atoms with van der Waals surface area (Å²) >= 11 is 6.26. The normalized spacial score (nSPS) is 33.0. The second-order valence-electron chi connectivity index (χ2n) is 10.4. The monoisotopic (exact) mass is 471 g/mol. The van der Waals surface area contributed by atoms with Gasteiger partial charge < -0.3 is 20.7 Å². The first kappa shape index (κ1) is 23.0. The number of pyridine rings is 1. The molecular formula is C26H38ClN5O. The number of ether oxygens (including phenoxy) is 1. The molecule has 2 aliphatic carbocycles. The number of fused-ring (bicyclic) bond motifs is 1. The highest BCUT2D eigenvalue weighted by Crippen LogP contribution is 2.38. The average molecular weight is 472 g/mol. The quantitative estimate of drug-likeness (QED) is 0.657. The Morgan fingerprint density at radius 1 is 1.21 bits per heavy atom. The largest absolute Gasteiger partial charge is 0.384 e. The second-order valence-corrected chi connectivity index (χ2v) is 10.9. The Morgan fingerprint density at radius 2 is 2.00 bits per heavy atom. The van der Waals surface area contributed by atoms with Gasteiger partial charge in [0.15, 0.2) is 6.29 Å². The Bertz CT molecular complexity index is 894. The van der Waals surface area contributed by atoms with Gasteiger partial charge in [0.2, 0.25) is 0 Å². The predicted octanol–water partition coefficient (Wildman–Crippen LogP) is 4.53. The van der Waals surface area contributed by atoms with E-state index in [1.807, 2.05) is 12.3 Å². The van der Waals surface area contributed by atoms with Crippen LogP contribution in [0.3, 0.4) is 0 Å². The molecular weight excluding hydrogens is 434 g/mol. The van der Waals surface area contributed by atoms with Gasteiger partial charge in [-0.1, -0.05) is 50.8 Å². The molecule has 33 heavy (non-hydrogen) atoms. The molecule has 2 aliphatic heterocycles. The summed E-state index contributed by atoms with van der Waals surface area (Å²) in [7, 11) is 0. The van der Waals surface area contributed by atoms with E-state index in [1.165, 1.54) is 44.9 Å².